The zero-order chi connectivity index (χ0) is 21.4. The largest absolute Gasteiger partial charge is 0.382 e. The minimum Gasteiger partial charge on any atom is -0.382 e. The molecule has 10 heteroatoms. The molecule has 156 valence electrons. The number of aryl methyl sites for hydroxylation is 1. The molecular weight excluding hydrogens is 382 g/mol. The minimum absolute atomic E-state index is 0.111. The molecule has 3 atom stereocenters. The number of rotatable bonds is 4. The molecule has 1 aliphatic rings. The Morgan fingerprint density at radius 2 is 2.03 bits per heavy atom. The minimum atomic E-state index is -0.312. The van der Waals surface area contributed by atoms with E-state index < -0.39 is 0 Å². The third-order valence-corrected chi connectivity index (χ3v) is 5.16. The molecule has 0 unspecified atom stereocenters. The normalized spacial score (nSPS) is 20.2. The second-order valence-corrected chi connectivity index (χ2v) is 7.71. The molecule has 0 aliphatic carbocycles. The number of nitriles is 1. The molecule has 1 fully saturated rings. The first-order valence-corrected chi connectivity index (χ1v) is 9.90. The topological polar surface area (TPSA) is 130 Å². The third-order valence-electron chi connectivity index (χ3n) is 5.16. The molecule has 0 spiro atoms. The molecule has 0 saturated carbocycles. The maximum Gasteiger partial charge on any atom is 0.173 e. The first-order chi connectivity index (χ1) is 14.4. The number of morpholine rings is 1. The number of fused-ring (bicyclic) bond motifs is 1. The lowest BCUT2D eigenvalue weighted by molar-refractivity contribution is -0.00541. The van der Waals surface area contributed by atoms with Gasteiger partial charge in [-0.25, -0.2) is 19.5 Å². The van der Waals surface area contributed by atoms with Crippen LogP contribution in [0.2, 0.25) is 0 Å². The molecule has 0 radical (unpaired) electrons. The number of ether oxygens (including phenoxy) is 1. The molecule has 1 saturated heterocycles. The van der Waals surface area contributed by atoms with E-state index in [9.17, 15) is 5.26 Å². The highest BCUT2D eigenvalue weighted by molar-refractivity contribution is 5.73. The first-order valence-electron chi connectivity index (χ1n) is 9.90. The zero-order valence-corrected chi connectivity index (χ0v) is 17.5. The average Bonchev–Trinajstić information content (AvgIpc) is 3.07. The van der Waals surface area contributed by atoms with Crippen LogP contribution in [0.5, 0.6) is 0 Å². The predicted octanol–water partition coefficient (Wildman–Crippen LogP) is 2.07. The van der Waals surface area contributed by atoms with Crippen LogP contribution in [0.25, 0.3) is 5.52 Å². The van der Waals surface area contributed by atoms with E-state index in [0.717, 1.165) is 30.0 Å². The van der Waals surface area contributed by atoms with E-state index in [-0.39, 0.29) is 29.6 Å². The van der Waals surface area contributed by atoms with E-state index in [1.165, 1.54) is 6.33 Å². The van der Waals surface area contributed by atoms with Crippen LogP contribution in [0.1, 0.15) is 43.8 Å². The van der Waals surface area contributed by atoms with E-state index in [2.05, 4.69) is 41.0 Å². The highest BCUT2D eigenvalue weighted by Gasteiger charge is 2.27. The fraction of sp³-hybridized carbons (Fsp3) is 0.450. The van der Waals surface area contributed by atoms with Crippen LogP contribution in [0.3, 0.4) is 0 Å². The summed E-state index contributed by atoms with van der Waals surface area (Å²) < 4.78 is 7.75. The summed E-state index contributed by atoms with van der Waals surface area (Å²) in [5, 5.41) is 17.3. The Bertz CT molecular complexity index is 1110. The second-order valence-electron chi connectivity index (χ2n) is 7.71. The van der Waals surface area contributed by atoms with Crippen molar-refractivity contribution in [2.45, 2.75) is 45.9 Å². The van der Waals surface area contributed by atoms with Crippen molar-refractivity contribution in [3.8, 4) is 6.07 Å². The lowest BCUT2D eigenvalue weighted by atomic mass is 10.2. The van der Waals surface area contributed by atoms with Gasteiger partial charge in [0.05, 0.1) is 18.2 Å². The average molecular weight is 407 g/mol. The van der Waals surface area contributed by atoms with Gasteiger partial charge in [-0.1, -0.05) is 0 Å². The van der Waals surface area contributed by atoms with Crippen LogP contribution in [0.15, 0.2) is 18.6 Å². The molecule has 1 aliphatic heterocycles. The number of anilines is 3. The third kappa shape index (κ3) is 3.59. The number of nitrogen functional groups attached to an aromatic ring is 1. The van der Waals surface area contributed by atoms with Crippen molar-refractivity contribution in [1.29, 1.82) is 5.26 Å². The second kappa shape index (κ2) is 7.76. The van der Waals surface area contributed by atoms with Crippen LogP contribution in [-0.2, 0) is 4.74 Å². The Kier molecular flexibility index (Phi) is 5.13. The summed E-state index contributed by atoms with van der Waals surface area (Å²) in [5.74, 6) is 1.96. The maximum absolute atomic E-state index is 9.39. The van der Waals surface area contributed by atoms with Gasteiger partial charge < -0.3 is 20.7 Å². The quantitative estimate of drug-likeness (QED) is 0.667. The fourth-order valence-corrected chi connectivity index (χ4v) is 3.82. The van der Waals surface area contributed by atoms with Crippen molar-refractivity contribution >= 4 is 23.0 Å². The van der Waals surface area contributed by atoms with Crippen molar-refractivity contribution in [2.75, 3.05) is 29.0 Å². The van der Waals surface area contributed by atoms with Crippen molar-refractivity contribution in [3.63, 3.8) is 0 Å². The van der Waals surface area contributed by atoms with Crippen molar-refractivity contribution in [1.82, 2.24) is 24.6 Å². The van der Waals surface area contributed by atoms with Gasteiger partial charge in [0, 0.05) is 19.3 Å². The van der Waals surface area contributed by atoms with Gasteiger partial charge in [0.15, 0.2) is 11.6 Å². The SMILES string of the molecule is Cc1ccn2nc([C@H](C)Nc3ncnc(N)c3C#N)nc(N3C[C@@H](C)O[C@@H](C)C3)c12. The molecule has 10 nitrogen and oxygen atoms in total. The molecule has 3 N–H and O–H groups in total. The molecule has 0 aromatic carbocycles. The molecule has 3 aromatic rings. The Morgan fingerprint density at radius 3 is 2.73 bits per heavy atom. The summed E-state index contributed by atoms with van der Waals surface area (Å²) in [7, 11) is 0. The number of hydrogen-bond acceptors (Lipinski definition) is 9. The highest BCUT2D eigenvalue weighted by Crippen LogP contribution is 2.28. The number of hydrogen-bond donors (Lipinski definition) is 2. The van der Waals surface area contributed by atoms with Crippen molar-refractivity contribution in [2.24, 2.45) is 0 Å². The van der Waals surface area contributed by atoms with Gasteiger partial charge in [0.2, 0.25) is 0 Å². The van der Waals surface area contributed by atoms with E-state index in [0.29, 0.717) is 11.6 Å². The summed E-state index contributed by atoms with van der Waals surface area (Å²) >= 11 is 0. The number of nitrogens with two attached hydrogens (primary N) is 1. The summed E-state index contributed by atoms with van der Waals surface area (Å²) in [6.07, 6.45) is 3.48. The molecule has 3 aromatic heterocycles. The first kappa shape index (κ1) is 19.8. The number of nitrogens with one attached hydrogen (secondary N) is 1. The molecule has 0 bridgehead atoms. The highest BCUT2D eigenvalue weighted by atomic mass is 16.5. The molecule has 0 amide bonds. The van der Waals surface area contributed by atoms with Gasteiger partial charge in [-0.15, -0.1) is 0 Å². The summed E-state index contributed by atoms with van der Waals surface area (Å²) in [6.45, 7) is 9.62. The lowest BCUT2D eigenvalue weighted by Crippen LogP contribution is -2.46. The van der Waals surface area contributed by atoms with Crippen molar-refractivity contribution in [3.05, 3.63) is 35.5 Å². The van der Waals surface area contributed by atoms with Gasteiger partial charge in [0.1, 0.15) is 35.1 Å². The molecule has 4 heterocycles. The van der Waals surface area contributed by atoms with Gasteiger partial charge >= 0.3 is 0 Å². The lowest BCUT2D eigenvalue weighted by Gasteiger charge is -2.36. The number of aromatic nitrogens is 5. The summed E-state index contributed by atoms with van der Waals surface area (Å²) in [5.41, 5.74) is 8.10. The number of nitrogens with zero attached hydrogens (tertiary/aromatic N) is 7. The Hall–Kier alpha value is -3.45. The van der Waals surface area contributed by atoms with E-state index >= 15 is 0 Å². The van der Waals surface area contributed by atoms with Gasteiger partial charge in [-0.2, -0.15) is 10.4 Å². The Labute approximate surface area is 174 Å². The summed E-state index contributed by atoms with van der Waals surface area (Å²) in [6, 6.07) is 3.76. The van der Waals surface area contributed by atoms with Crippen LogP contribution in [0, 0.1) is 18.3 Å². The van der Waals surface area contributed by atoms with Gasteiger partial charge in [-0.05, 0) is 39.3 Å². The van der Waals surface area contributed by atoms with E-state index in [1.54, 1.807) is 0 Å². The molecule has 4 rings (SSSR count). The van der Waals surface area contributed by atoms with Gasteiger partial charge in [0.25, 0.3) is 0 Å². The maximum atomic E-state index is 9.39. The molecule has 30 heavy (non-hydrogen) atoms. The van der Waals surface area contributed by atoms with Gasteiger partial charge in [-0.3, -0.25) is 0 Å². The Balaban J connectivity index is 1.74. The van der Waals surface area contributed by atoms with Crippen molar-refractivity contribution < 1.29 is 4.74 Å². The standard InChI is InChI=1S/C20H25N9O/c1-11-5-6-29-16(11)20(28-8-12(2)30-13(3)9-28)26-18(27-29)14(4)25-19-15(7-21)17(22)23-10-24-19/h5-6,10,12-14H,8-9H2,1-4H3,(H3,22,23,24,25)/t12-,13+,14-/m0/s1. The van der Waals surface area contributed by atoms with Crippen LogP contribution < -0.4 is 16.0 Å². The van der Waals surface area contributed by atoms with Crippen LogP contribution in [-0.4, -0.2) is 49.9 Å². The predicted molar refractivity (Wildman–Crippen MR) is 113 cm³/mol. The smallest absolute Gasteiger partial charge is 0.173 e. The van der Waals surface area contributed by atoms with Crippen LogP contribution >= 0.6 is 0 Å². The zero-order valence-electron chi connectivity index (χ0n) is 17.5. The monoisotopic (exact) mass is 407 g/mol. The van der Waals surface area contributed by atoms with Crippen LogP contribution in [0.4, 0.5) is 17.5 Å². The summed E-state index contributed by atoms with van der Waals surface area (Å²) in [4.78, 5) is 15.2. The van der Waals surface area contributed by atoms with E-state index in [1.807, 2.05) is 29.8 Å². The fourth-order valence-electron chi connectivity index (χ4n) is 3.82. The van der Waals surface area contributed by atoms with E-state index in [4.69, 9.17) is 20.6 Å². The Morgan fingerprint density at radius 1 is 1.30 bits per heavy atom. The molecular formula is C20H25N9O.